The van der Waals surface area contributed by atoms with E-state index in [1.807, 2.05) is 49.9 Å². The predicted molar refractivity (Wildman–Crippen MR) is 138 cm³/mol. The number of aromatic nitrogens is 1. The van der Waals surface area contributed by atoms with Crippen molar-refractivity contribution in [2.45, 2.75) is 37.2 Å². The Morgan fingerprint density at radius 2 is 1.71 bits per heavy atom. The first-order chi connectivity index (χ1) is 16.8. The SMILES string of the molecule is CC(C)(O)c1cc(-c2cccc(C#Cc3ccc4cc(F)c(F)cc4n3)c2)ccc1SCC1CC1. The summed E-state index contributed by atoms with van der Waals surface area (Å²) in [7, 11) is 0. The van der Waals surface area contributed by atoms with Crippen LogP contribution in [0.1, 0.15) is 43.5 Å². The number of thioether (sulfide) groups is 1. The van der Waals surface area contributed by atoms with E-state index in [0.717, 1.165) is 51.0 Å². The molecule has 1 aliphatic rings. The first-order valence-corrected chi connectivity index (χ1v) is 12.6. The van der Waals surface area contributed by atoms with E-state index in [2.05, 4.69) is 35.0 Å². The van der Waals surface area contributed by atoms with Gasteiger partial charge in [-0.05, 0) is 97.7 Å². The molecule has 1 N–H and O–H groups in total. The number of pyridine rings is 1. The largest absolute Gasteiger partial charge is 0.386 e. The zero-order valence-electron chi connectivity index (χ0n) is 19.6. The fourth-order valence-corrected chi connectivity index (χ4v) is 5.28. The molecule has 5 heteroatoms. The monoisotopic (exact) mass is 485 g/mol. The van der Waals surface area contributed by atoms with Crippen LogP contribution in [0.25, 0.3) is 22.0 Å². The third-order valence-corrected chi connectivity index (χ3v) is 7.38. The highest BCUT2D eigenvalue weighted by Gasteiger charge is 2.25. The Bertz CT molecular complexity index is 1480. The van der Waals surface area contributed by atoms with Crippen LogP contribution in [-0.2, 0) is 5.60 Å². The van der Waals surface area contributed by atoms with Crippen molar-refractivity contribution in [1.29, 1.82) is 0 Å². The predicted octanol–water partition coefficient (Wildman–Crippen LogP) is 7.31. The third-order valence-electron chi connectivity index (χ3n) is 6.07. The normalized spacial score (nSPS) is 13.5. The van der Waals surface area contributed by atoms with Crippen molar-refractivity contribution >= 4 is 22.7 Å². The van der Waals surface area contributed by atoms with Gasteiger partial charge in [-0.1, -0.05) is 24.1 Å². The number of halogens is 2. The molecule has 176 valence electrons. The Morgan fingerprint density at radius 1 is 0.943 bits per heavy atom. The molecule has 2 nitrogen and oxygen atoms in total. The molecule has 0 bridgehead atoms. The summed E-state index contributed by atoms with van der Waals surface area (Å²) in [5.41, 5.74) is 3.67. The molecular formula is C30H25F2NOS. The van der Waals surface area contributed by atoms with Crippen LogP contribution in [0.2, 0.25) is 0 Å². The molecule has 0 atom stereocenters. The van der Waals surface area contributed by atoms with E-state index in [1.54, 1.807) is 12.1 Å². The number of benzene rings is 3. The van der Waals surface area contributed by atoms with Crippen molar-refractivity contribution in [1.82, 2.24) is 4.98 Å². The van der Waals surface area contributed by atoms with Crippen LogP contribution < -0.4 is 0 Å². The van der Waals surface area contributed by atoms with Crippen LogP contribution in [0, 0.1) is 29.4 Å². The van der Waals surface area contributed by atoms with Gasteiger partial charge in [0.2, 0.25) is 0 Å². The van der Waals surface area contributed by atoms with Crippen molar-refractivity contribution in [2.75, 3.05) is 5.75 Å². The summed E-state index contributed by atoms with van der Waals surface area (Å²) in [6, 6.07) is 19.8. The minimum absolute atomic E-state index is 0.364. The van der Waals surface area contributed by atoms with Gasteiger partial charge in [-0.25, -0.2) is 13.8 Å². The summed E-state index contributed by atoms with van der Waals surface area (Å²) in [4.78, 5) is 5.47. The Labute approximate surface area is 208 Å². The van der Waals surface area contributed by atoms with Gasteiger partial charge in [-0.3, -0.25) is 0 Å². The van der Waals surface area contributed by atoms with Gasteiger partial charge in [0.25, 0.3) is 0 Å². The fraction of sp³-hybridized carbons (Fsp3) is 0.233. The highest BCUT2D eigenvalue weighted by molar-refractivity contribution is 7.99. The Hall–Kier alpha value is -3.20. The molecule has 0 aliphatic heterocycles. The Morgan fingerprint density at radius 3 is 2.49 bits per heavy atom. The molecule has 1 aliphatic carbocycles. The quantitative estimate of drug-likeness (QED) is 0.238. The molecule has 0 radical (unpaired) electrons. The van der Waals surface area contributed by atoms with Gasteiger partial charge >= 0.3 is 0 Å². The van der Waals surface area contributed by atoms with Crippen LogP contribution >= 0.6 is 11.8 Å². The lowest BCUT2D eigenvalue weighted by Crippen LogP contribution is -2.17. The van der Waals surface area contributed by atoms with Crippen molar-refractivity contribution in [2.24, 2.45) is 5.92 Å². The number of aliphatic hydroxyl groups is 1. The second kappa shape index (κ2) is 9.45. The van der Waals surface area contributed by atoms with Gasteiger partial charge in [0, 0.05) is 27.7 Å². The molecule has 0 spiro atoms. The van der Waals surface area contributed by atoms with E-state index in [-0.39, 0.29) is 0 Å². The first kappa shape index (κ1) is 23.5. The van der Waals surface area contributed by atoms with Gasteiger partial charge in [-0.2, -0.15) is 0 Å². The topological polar surface area (TPSA) is 33.1 Å². The lowest BCUT2D eigenvalue weighted by Gasteiger charge is -2.22. The summed E-state index contributed by atoms with van der Waals surface area (Å²) in [6.07, 6.45) is 2.61. The van der Waals surface area contributed by atoms with Crippen LogP contribution in [0.15, 0.2) is 71.6 Å². The molecule has 3 aromatic carbocycles. The zero-order chi connectivity index (χ0) is 24.6. The average molecular weight is 486 g/mol. The summed E-state index contributed by atoms with van der Waals surface area (Å²) < 4.78 is 27.0. The second-order valence-electron chi connectivity index (χ2n) is 9.51. The maximum absolute atomic E-state index is 13.6. The van der Waals surface area contributed by atoms with Gasteiger partial charge in [0.05, 0.1) is 11.1 Å². The van der Waals surface area contributed by atoms with E-state index >= 15 is 0 Å². The average Bonchev–Trinajstić information content (AvgIpc) is 3.66. The van der Waals surface area contributed by atoms with Crippen molar-refractivity contribution in [3.8, 4) is 23.0 Å². The molecule has 5 rings (SSSR count). The molecule has 1 heterocycles. The van der Waals surface area contributed by atoms with Gasteiger partial charge < -0.3 is 5.11 Å². The number of hydrogen-bond donors (Lipinski definition) is 1. The molecule has 1 aromatic heterocycles. The number of nitrogens with zero attached hydrogens (tertiary/aromatic N) is 1. The zero-order valence-corrected chi connectivity index (χ0v) is 20.4. The summed E-state index contributed by atoms with van der Waals surface area (Å²) >= 11 is 1.83. The Balaban J connectivity index is 1.43. The summed E-state index contributed by atoms with van der Waals surface area (Å²) in [6.45, 7) is 3.65. The number of fused-ring (bicyclic) bond motifs is 1. The third kappa shape index (κ3) is 5.56. The minimum atomic E-state index is -0.941. The lowest BCUT2D eigenvalue weighted by molar-refractivity contribution is 0.0758. The smallest absolute Gasteiger partial charge is 0.161 e. The fourth-order valence-electron chi connectivity index (χ4n) is 3.91. The maximum Gasteiger partial charge on any atom is 0.161 e. The molecule has 0 unspecified atom stereocenters. The molecule has 35 heavy (non-hydrogen) atoms. The van der Waals surface area contributed by atoms with Gasteiger partial charge in [0.15, 0.2) is 11.6 Å². The highest BCUT2D eigenvalue weighted by Crippen LogP contribution is 2.39. The maximum atomic E-state index is 13.6. The molecular weight excluding hydrogens is 460 g/mol. The van der Waals surface area contributed by atoms with E-state index in [1.165, 1.54) is 12.8 Å². The van der Waals surface area contributed by atoms with Crippen molar-refractivity contribution < 1.29 is 13.9 Å². The Kier molecular flexibility index (Phi) is 6.35. The van der Waals surface area contributed by atoms with Crippen LogP contribution in [0.4, 0.5) is 8.78 Å². The van der Waals surface area contributed by atoms with Crippen molar-refractivity contribution in [3.05, 3.63) is 95.2 Å². The molecule has 1 saturated carbocycles. The molecule has 0 amide bonds. The van der Waals surface area contributed by atoms with E-state index in [4.69, 9.17) is 0 Å². The minimum Gasteiger partial charge on any atom is -0.386 e. The lowest BCUT2D eigenvalue weighted by atomic mass is 9.93. The number of hydrogen-bond acceptors (Lipinski definition) is 3. The van der Waals surface area contributed by atoms with Crippen LogP contribution in [-0.4, -0.2) is 15.8 Å². The summed E-state index contributed by atoms with van der Waals surface area (Å²) in [5.74, 6) is 6.23. The van der Waals surface area contributed by atoms with Crippen LogP contribution in [0.3, 0.4) is 0 Å². The van der Waals surface area contributed by atoms with Crippen molar-refractivity contribution in [3.63, 3.8) is 0 Å². The van der Waals surface area contributed by atoms with E-state index in [0.29, 0.717) is 16.6 Å². The standard InChI is InChI=1S/C30H25F2NOS/c1-30(2,34)25-15-22(10-13-29(25)35-18-20-6-7-20)21-5-3-4-19(14-21)8-11-24-12-9-23-16-26(31)27(32)17-28(23)33-24/h3-5,9-10,12-17,20,34H,6-7,18H2,1-2H3. The van der Waals surface area contributed by atoms with E-state index < -0.39 is 17.2 Å². The molecule has 0 saturated heterocycles. The van der Waals surface area contributed by atoms with Crippen LogP contribution in [0.5, 0.6) is 0 Å². The highest BCUT2D eigenvalue weighted by atomic mass is 32.2. The molecule has 4 aromatic rings. The van der Waals surface area contributed by atoms with Gasteiger partial charge in [0.1, 0.15) is 5.69 Å². The van der Waals surface area contributed by atoms with Gasteiger partial charge in [-0.15, -0.1) is 11.8 Å². The van der Waals surface area contributed by atoms with E-state index in [9.17, 15) is 13.9 Å². The first-order valence-electron chi connectivity index (χ1n) is 11.6. The number of rotatable bonds is 5. The summed E-state index contributed by atoms with van der Waals surface area (Å²) in [5, 5.41) is 11.3. The molecule has 1 fully saturated rings. The second-order valence-corrected chi connectivity index (χ2v) is 10.6.